The van der Waals surface area contributed by atoms with E-state index in [0.29, 0.717) is 0 Å². The zero-order valence-corrected chi connectivity index (χ0v) is 19.4. The van der Waals surface area contributed by atoms with Crippen molar-refractivity contribution in [1.82, 2.24) is 4.90 Å². The van der Waals surface area contributed by atoms with Crippen LogP contribution in [0.1, 0.15) is 55.7 Å². The Balaban J connectivity index is 1.72. The van der Waals surface area contributed by atoms with Crippen LogP contribution in [0.2, 0.25) is 0 Å². The number of carbonyl (C=O) groups excluding carboxylic acids is 1. The largest absolute Gasteiger partial charge is 0.496 e. The zero-order valence-electron chi connectivity index (χ0n) is 18.6. The molecule has 0 N–H and O–H groups in total. The van der Waals surface area contributed by atoms with Gasteiger partial charge in [0.1, 0.15) is 5.75 Å². The molecule has 4 nitrogen and oxygen atoms in total. The molecule has 4 rings (SSSR count). The molecule has 0 radical (unpaired) electrons. The monoisotopic (exact) mass is 434 g/mol. The first-order valence-electron chi connectivity index (χ1n) is 11.1. The first-order valence-corrected chi connectivity index (χ1v) is 12.0. The molecule has 31 heavy (non-hydrogen) atoms. The summed E-state index contributed by atoms with van der Waals surface area (Å²) in [6.45, 7) is 4.16. The van der Waals surface area contributed by atoms with Crippen molar-refractivity contribution < 1.29 is 9.53 Å². The summed E-state index contributed by atoms with van der Waals surface area (Å²) in [5.74, 6) is 0.906. The van der Waals surface area contributed by atoms with Gasteiger partial charge in [0.2, 0.25) is 0 Å². The van der Waals surface area contributed by atoms with Crippen LogP contribution in [0.5, 0.6) is 5.75 Å². The van der Waals surface area contributed by atoms with Gasteiger partial charge in [0.05, 0.1) is 17.7 Å². The lowest BCUT2D eigenvalue weighted by Gasteiger charge is -2.30. The quantitative estimate of drug-likeness (QED) is 0.504. The number of amidine groups is 1. The molecule has 1 saturated carbocycles. The highest BCUT2D eigenvalue weighted by atomic mass is 32.2. The van der Waals surface area contributed by atoms with E-state index < -0.39 is 0 Å². The molecule has 2 aliphatic rings. The van der Waals surface area contributed by atoms with Crippen LogP contribution in [-0.4, -0.2) is 29.1 Å². The highest BCUT2D eigenvalue weighted by Crippen LogP contribution is 2.39. The maximum atomic E-state index is 13.5. The number of thioether (sulfide) groups is 1. The van der Waals surface area contributed by atoms with E-state index in [4.69, 9.17) is 9.73 Å². The fourth-order valence-electron chi connectivity index (χ4n) is 4.33. The number of hydrogen-bond donors (Lipinski definition) is 0. The number of amides is 1. The third-order valence-corrected chi connectivity index (χ3v) is 7.08. The third kappa shape index (κ3) is 4.72. The van der Waals surface area contributed by atoms with E-state index in [-0.39, 0.29) is 11.9 Å². The SMILES string of the molecule is CCc1ccccc1N=C1S/C(=C/c2ccc(C)c(OC)c2)C(=O)N1C1CCCCC1. The summed E-state index contributed by atoms with van der Waals surface area (Å²) in [5.41, 5.74) is 4.21. The van der Waals surface area contributed by atoms with E-state index in [1.165, 1.54) is 36.6 Å². The van der Waals surface area contributed by atoms with Crippen LogP contribution in [0.3, 0.4) is 0 Å². The van der Waals surface area contributed by atoms with Crippen LogP contribution >= 0.6 is 11.8 Å². The molecule has 1 heterocycles. The normalized spacial score (nSPS) is 20.1. The number of para-hydroxylation sites is 1. The highest BCUT2D eigenvalue weighted by Gasteiger charge is 2.38. The molecule has 0 unspecified atom stereocenters. The number of aliphatic imine (C=N–C) groups is 1. The number of aryl methyl sites for hydroxylation is 2. The van der Waals surface area contributed by atoms with Crippen molar-refractivity contribution in [2.24, 2.45) is 4.99 Å². The topological polar surface area (TPSA) is 41.9 Å². The van der Waals surface area contributed by atoms with E-state index in [1.54, 1.807) is 7.11 Å². The Kier molecular flexibility index (Phi) is 6.81. The second-order valence-electron chi connectivity index (χ2n) is 8.18. The van der Waals surface area contributed by atoms with Gasteiger partial charge in [-0.2, -0.15) is 0 Å². The fraction of sp³-hybridized carbons (Fsp3) is 0.385. The maximum Gasteiger partial charge on any atom is 0.267 e. The van der Waals surface area contributed by atoms with Gasteiger partial charge in [-0.05, 0) is 72.8 Å². The molecule has 0 bridgehead atoms. The van der Waals surface area contributed by atoms with Crippen LogP contribution < -0.4 is 4.74 Å². The Hall–Kier alpha value is -2.53. The predicted octanol–water partition coefficient (Wildman–Crippen LogP) is 6.50. The Morgan fingerprint density at radius 1 is 1.16 bits per heavy atom. The Morgan fingerprint density at radius 2 is 1.94 bits per heavy atom. The van der Waals surface area contributed by atoms with Crippen LogP contribution in [0.4, 0.5) is 5.69 Å². The molecule has 1 aliphatic heterocycles. The number of rotatable bonds is 5. The van der Waals surface area contributed by atoms with Gasteiger partial charge in [-0.1, -0.05) is 56.5 Å². The van der Waals surface area contributed by atoms with Crippen LogP contribution in [0.25, 0.3) is 6.08 Å². The van der Waals surface area contributed by atoms with E-state index >= 15 is 0 Å². The van der Waals surface area contributed by atoms with Gasteiger partial charge in [0.25, 0.3) is 5.91 Å². The second kappa shape index (κ2) is 9.73. The van der Waals surface area contributed by atoms with Gasteiger partial charge in [-0.15, -0.1) is 0 Å². The summed E-state index contributed by atoms with van der Waals surface area (Å²) in [4.78, 5) is 21.2. The number of carbonyl (C=O) groups is 1. The average molecular weight is 435 g/mol. The molecule has 162 valence electrons. The highest BCUT2D eigenvalue weighted by molar-refractivity contribution is 8.18. The van der Waals surface area contributed by atoms with Crippen molar-refractivity contribution >= 4 is 34.6 Å². The number of benzene rings is 2. The van der Waals surface area contributed by atoms with Crippen molar-refractivity contribution in [3.63, 3.8) is 0 Å². The summed E-state index contributed by atoms with van der Waals surface area (Å²) in [7, 11) is 1.68. The van der Waals surface area contributed by atoms with Gasteiger partial charge >= 0.3 is 0 Å². The number of hydrogen-bond acceptors (Lipinski definition) is 4. The number of methoxy groups -OCH3 is 1. The van der Waals surface area contributed by atoms with Gasteiger partial charge < -0.3 is 4.74 Å². The summed E-state index contributed by atoms with van der Waals surface area (Å²) in [6, 6.07) is 14.5. The van der Waals surface area contributed by atoms with E-state index in [1.807, 2.05) is 54.3 Å². The molecule has 0 atom stereocenters. The first-order chi connectivity index (χ1) is 15.1. The summed E-state index contributed by atoms with van der Waals surface area (Å²) in [5, 5.41) is 0.808. The molecule has 1 amide bonds. The lowest BCUT2D eigenvalue weighted by Crippen LogP contribution is -2.40. The maximum absolute atomic E-state index is 13.5. The lowest BCUT2D eigenvalue weighted by molar-refractivity contribution is -0.124. The van der Waals surface area contributed by atoms with Gasteiger partial charge in [-0.25, -0.2) is 4.99 Å². The van der Waals surface area contributed by atoms with Gasteiger partial charge in [-0.3, -0.25) is 9.69 Å². The molecular weight excluding hydrogens is 404 g/mol. The Bertz CT molecular complexity index is 1020. The van der Waals surface area contributed by atoms with Crippen molar-refractivity contribution in [3.8, 4) is 5.75 Å². The Morgan fingerprint density at radius 3 is 2.68 bits per heavy atom. The van der Waals surface area contributed by atoms with Crippen LogP contribution in [0.15, 0.2) is 52.4 Å². The van der Waals surface area contributed by atoms with Crippen molar-refractivity contribution in [2.75, 3.05) is 7.11 Å². The molecule has 2 aromatic carbocycles. The summed E-state index contributed by atoms with van der Waals surface area (Å²) < 4.78 is 5.46. The molecule has 1 aliphatic carbocycles. The average Bonchev–Trinajstić information content (AvgIpc) is 3.10. The van der Waals surface area contributed by atoms with Crippen molar-refractivity contribution in [1.29, 1.82) is 0 Å². The smallest absolute Gasteiger partial charge is 0.267 e. The molecule has 0 spiro atoms. The molecule has 2 fully saturated rings. The molecule has 5 heteroatoms. The van der Waals surface area contributed by atoms with Crippen molar-refractivity contribution in [3.05, 3.63) is 64.1 Å². The Labute approximate surface area is 189 Å². The standard InChI is InChI=1S/C26H30N2O2S/c1-4-20-10-8-9-13-22(20)27-26-28(21-11-6-5-7-12-21)25(29)24(31-26)17-19-15-14-18(2)23(16-19)30-3/h8-10,13-17,21H,4-7,11-12H2,1-3H3/b24-17+,27-26?. The minimum Gasteiger partial charge on any atom is -0.496 e. The molecule has 2 aromatic rings. The fourth-order valence-corrected chi connectivity index (χ4v) is 5.38. The first kappa shape index (κ1) is 21.7. The molecule has 0 aromatic heterocycles. The van der Waals surface area contributed by atoms with Gasteiger partial charge in [0, 0.05) is 6.04 Å². The summed E-state index contributed by atoms with van der Waals surface area (Å²) >= 11 is 1.49. The minimum absolute atomic E-state index is 0.0733. The number of ether oxygens (including phenoxy) is 1. The third-order valence-electron chi connectivity index (χ3n) is 6.10. The summed E-state index contributed by atoms with van der Waals surface area (Å²) in [6.07, 6.45) is 8.58. The number of nitrogens with zero attached hydrogens (tertiary/aromatic N) is 2. The lowest BCUT2D eigenvalue weighted by atomic mass is 9.94. The second-order valence-corrected chi connectivity index (χ2v) is 9.19. The zero-order chi connectivity index (χ0) is 21.8. The van der Waals surface area contributed by atoms with Crippen LogP contribution in [-0.2, 0) is 11.2 Å². The molecule has 1 saturated heterocycles. The van der Waals surface area contributed by atoms with E-state index in [0.717, 1.165) is 51.9 Å². The minimum atomic E-state index is 0.0733. The van der Waals surface area contributed by atoms with Gasteiger partial charge in [0.15, 0.2) is 5.17 Å². The molecular formula is C26H30N2O2S. The van der Waals surface area contributed by atoms with Crippen LogP contribution in [0, 0.1) is 6.92 Å². The predicted molar refractivity (Wildman–Crippen MR) is 130 cm³/mol. The van der Waals surface area contributed by atoms with E-state index in [2.05, 4.69) is 13.0 Å². The van der Waals surface area contributed by atoms with E-state index in [9.17, 15) is 4.79 Å². The van der Waals surface area contributed by atoms with Crippen molar-refractivity contribution in [2.45, 2.75) is 58.4 Å².